The van der Waals surface area contributed by atoms with Gasteiger partial charge in [0.15, 0.2) is 0 Å². The number of ether oxygens (including phenoxy) is 2. The van der Waals surface area contributed by atoms with E-state index in [1.165, 1.54) is 6.07 Å². The molecule has 2 amide bonds. The summed E-state index contributed by atoms with van der Waals surface area (Å²) in [6.45, 7) is 3.39. The molecule has 8 nitrogen and oxygen atoms in total. The summed E-state index contributed by atoms with van der Waals surface area (Å²) in [5.74, 6) is -1.22. The predicted molar refractivity (Wildman–Crippen MR) is 106 cm³/mol. The van der Waals surface area contributed by atoms with Crippen LogP contribution >= 0.6 is 11.6 Å². The molecule has 0 aliphatic carbocycles. The number of amides is 2. The van der Waals surface area contributed by atoms with Crippen LogP contribution in [-0.4, -0.2) is 42.2 Å². The minimum atomic E-state index is -0.651. The van der Waals surface area contributed by atoms with Gasteiger partial charge in [-0.05, 0) is 25.5 Å². The molecule has 1 aromatic heterocycles. The molecule has 2 aromatic rings. The molecule has 0 fully saturated rings. The topological polar surface area (TPSA) is 107 Å². The summed E-state index contributed by atoms with van der Waals surface area (Å²) < 4.78 is 10.5. The Morgan fingerprint density at radius 3 is 2.66 bits per heavy atom. The number of para-hydroxylation sites is 1. The third-order valence-corrected chi connectivity index (χ3v) is 4.59. The van der Waals surface area contributed by atoms with E-state index in [1.54, 1.807) is 31.2 Å². The van der Waals surface area contributed by atoms with Gasteiger partial charge in [-0.15, -0.1) is 0 Å². The zero-order chi connectivity index (χ0) is 21.0. The number of benzene rings is 1. The van der Waals surface area contributed by atoms with E-state index in [0.29, 0.717) is 17.3 Å². The van der Waals surface area contributed by atoms with Gasteiger partial charge in [0, 0.05) is 5.39 Å². The first-order valence-corrected chi connectivity index (χ1v) is 9.52. The molecule has 0 saturated heterocycles. The lowest BCUT2D eigenvalue weighted by atomic mass is 10.0. The molecule has 9 heteroatoms. The minimum Gasteiger partial charge on any atom is -0.463 e. The number of hydrogen-bond acceptors (Lipinski definition) is 6. The molecule has 2 heterocycles. The maximum absolute atomic E-state index is 12.7. The minimum absolute atomic E-state index is 0.156. The fourth-order valence-electron chi connectivity index (χ4n) is 3.10. The van der Waals surface area contributed by atoms with Gasteiger partial charge in [-0.1, -0.05) is 36.7 Å². The normalized spacial score (nSPS) is 16.2. The molecule has 0 unspecified atom stereocenters. The summed E-state index contributed by atoms with van der Waals surface area (Å²) in [6, 6.07) is 7.43. The van der Waals surface area contributed by atoms with E-state index < -0.39 is 24.0 Å². The van der Waals surface area contributed by atoms with Gasteiger partial charge >= 0.3 is 18.0 Å². The standard InChI is InChI=1S/C20H20ClN3O5/c1-3-13-17(19(26)28-4-2)15(24-20(27)23-13)10-29-18(25)12-9-16(21)22-14-8-6-5-7-11(12)14/h5-9,13H,3-4,10H2,1-2H3,(H2,23,24,27)/t13-/m0/s1. The van der Waals surface area contributed by atoms with Gasteiger partial charge in [-0.2, -0.15) is 0 Å². The van der Waals surface area contributed by atoms with Crippen LogP contribution in [0.1, 0.15) is 30.6 Å². The maximum Gasteiger partial charge on any atom is 0.339 e. The first-order valence-electron chi connectivity index (χ1n) is 9.14. The second-order valence-corrected chi connectivity index (χ2v) is 6.65. The van der Waals surface area contributed by atoms with E-state index in [1.807, 2.05) is 6.92 Å². The van der Waals surface area contributed by atoms with Gasteiger partial charge < -0.3 is 20.1 Å². The van der Waals surface area contributed by atoms with Crippen molar-refractivity contribution in [3.8, 4) is 0 Å². The van der Waals surface area contributed by atoms with Crippen LogP contribution < -0.4 is 10.6 Å². The predicted octanol–water partition coefficient (Wildman–Crippen LogP) is 2.95. The van der Waals surface area contributed by atoms with Gasteiger partial charge in [-0.25, -0.2) is 19.4 Å². The third-order valence-electron chi connectivity index (χ3n) is 4.40. The number of pyridine rings is 1. The van der Waals surface area contributed by atoms with Crippen LogP contribution in [0.15, 0.2) is 41.6 Å². The number of halogens is 1. The summed E-state index contributed by atoms with van der Waals surface area (Å²) in [6.07, 6.45) is 0.476. The van der Waals surface area contributed by atoms with Gasteiger partial charge in [0.05, 0.1) is 35.0 Å². The van der Waals surface area contributed by atoms with E-state index >= 15 is 0 Å². The number of nitrogens with one attached hydrogen (secondary N) is 2. The van der Waals surface area contributed by atoms with Crippen molar-refractivity contribution in [2.45, 2.75) is 26.3 Å². The Morgan fingerprint density at radius 2 is 1.93 bits per heavy atom. The number of urea groups is 1. The van der Waals surface area contributed by atoms with Crippen LogP contribution in [0.25, 0.3) is 10.9 Å². The molecule has 1 aromatic carbocycles. The summed E-state index contributed by atoms with van der Waals surface area (Å²) in [4.78, 5) is 41.2. The quantitative estimate of drug-likeness (QED) is 0.552. The van der Waals surface area contributed by atoms with Crippen molar-refractivity contribution < 1.29 is 23.9 Å². The van der Waals surface area contributed by atoms with E-state index in [0.717, 1.165) is 0 Å². The highest BCUT2D eigenvalue weighted by Crippen LogP contribution is 2.22. The Hall–Kier alpha value is -3.13. The molecular weight excluding hydrogens is 398 g/mol. The molecule has 152 valence electrons. The first-order chi connectivity index (χ1) is 13.9. The Morgan fingerprint density at radius 1 is 1.17 bits per heavy atom. The monoisotopic (exact) mass is 417 g/mol. The molecule has 3 rings (SSSR count). The molecule has 0 bridgehead atoms. The highest BCUT2D eigenvalue weighted by atomic mass is 35.5. The molecule has 1 atom stereocenters. The summed E-state index contributed by atoms with van der Waals surface area (Å²) in [7, 11) is 0. The fourth-order valence-corrected chi connectivity index (χ4v) is 3.30. The number of rotatable bonds is 6. The SMILES string of the molecule is CCOC(=O)C1=C(COC(=O)c2cc(Cl)nc3ccccc23)NC(=O)N[C@H]1CC. The van der Waals surface area contributed by atoms with Crippen molar-refractivity contribution in [2.24, 2.45) is 0 Å². The molecule has 1 aliphatic rings. The van der Waals surface area contributed by atoms with Crippen molar-refractivity contribution in [2.75, 3.05) is 13.2 Å². The summed E-state index contributed by atoms with van der Waals surface area (Å²) >= 11 is 6.02. The van der Waals surface area contributed by atoms with Gasteiger partial charge in [-0.3, -0.25) is 0 Å². The Bertz CT molecular complexity index is 1000. The Balaban J connectivity index is 1.89. The molecular formula is C20H20ClN3O5. The molecule has 0 spiro atoms. The van der Waals surface area contributed by atoms with Crippen LogP contribution in [0.2, 0.25) is 5.15 Å². The number of carbonyl (C=O) groups excluding carboxylic acids is 3. The van der Waals surface area contributed by atoms with E-state index in [-0.39, 0.29) is 35.2 Å². The number of esters is 2. The van der Waals surface area contributed by atoms with Gasteiger partial charge in [0.1, 0.15) is 11.8 Å². The van der Waals surface area contributed by atoms with Crippen LogP contribution in [0.3, 0.4) is 0 Å². The van der Waals surface area contributed by atoms with Crippen LogP contribution in [0.4, 0.5) is 4.79 Å². The lowest BCUT2D eigenvalue weighted by Gasteiger charge is -2.28. The molecule has 0 saturated carbocycles. The largest absolute Gasteiger partial charge is 0.463 e. The molecule has 0 radical (unpaired) electrons. The summed E-state index contributed by atoms with van der Waals surface area (Å²) in [5, 5.41) is 5.94. The van der Waals surface area contributed by atoms with Crippen molar-refractivity contribution in [1.82, 2.24) is 15.6 Å². The highest BCUT2D eigenvalue weighted by molar-refractivity contribution is 6.30. The highest BCUT2D eigenvalue weighted by Gasteiger charge is 2.32. The van der Waals surface area contributed by atoms with Gasteiger partial charge in [0.2, 0.25) is 0 Å². The first kappa shape index (κ1) is 20.6. The molecule has 2 N–H and O–H groups in total. The maximum atomic E-state index is 12.7. The lowest BCUT2D eigenvalue weighted by molar-refractivity contribution is -0.139. The van der Waals surface area contributed by atoms with Crippen LogP contribution in [0.5, 0.6) is 0 Å². The second kappa shape index (κ2) is 8.91. The van der Waals surface area contributed by atoms with Crippen molar-refractivity contribution in [3.63, 3.8) is 0 Å². The molecule has 29 heavy (non-hydrogen) atoms. The molecule has 1 aliphatic heterocycles. The zero-order valence-electron chi connectivity index (χ0n) is 16.0. The van der Waals surface area contributed by atoms with E-state index in [4.69, 9.17) is 21.1 Å². The van der Waals surface area contributed by atoms with Crippen molar-refractivity contribution in [1.29, 1.82) is 0 Å². The van der Waals surface area contributed by atoms with E-state index in [9.17, 15) is 14.4 Å². The Kier molecular flexibility index (Phi) is 6.33. The van der Waals surface area contributed by atoms with Crippen molar-refractivity contribution in [3.05, 3.63) is 52.3 Å². The fraction of sp³-hybridized carbons (Fsp3) is 0.300. The number of aromatic nitrogens is 1. The van der Waals surface area contributed by atoms with Crippen molar-refractivity contribution >= 4 is 40.5 Å². The Labute approximate surface area is 172 Å². The third kappa shape index (κ3) is 4.48. The van der Waals surface area contributed by atoms with Crippen LogP contribution in [-0.2, 0) is 14.3 Å². The van der Waals surface area contributed by atoms with E-state index in [2.05, 4.69) is 15.6 Å². The average Bonchev–Trinajstić information content (AvgIpc) is 2.70. The number of carbonyl (C=O) groups is 3. The number of fused-ring (bicyclic) bond motifs is 1. The second-order valence-electron chi connectivity index (χ2n) is 6.26. The average molecular weight is 418 g/mol. The zero-order valence-corrected chi connectivity index (χ0v) is 16.7. The smallest absolute Gasteiger partial charge is 0.339 e. The summed E-state index contributed by atoms with van der Waals surface area (Å²) in [5.41, 5.74) is 1.22. The van der Waals surface area contributed by atoms with Gasteiger partial charge in [0.25, 0.3) is 0 Å². The number of nitrogens with zero attached hydrogens (tertiary/aromatic N) is 1. The lowest BCUT2D eigenvalue weighted by Crippen LogP contribution is -2.51. The number of hydrogen-bond donors (Lipinski definition) is 2. The van der Waals surface area contributed by atoms with Crippen LogP contribution in [0, 0.1) is 0 Å².